The van der Waals surface area contributed by atoms with Crippen LogP contribution in [0.5, 0.6) is 5.75 Å². The van der Waals surface area contributed by atoms with Crippen molar-refractivity contribution in [2.75, 3.05) is 0 Å². The highest BCUT2D eigenvalue weighted by Crippen LogP contribution is 2.69. The van der Waals surface area contributed by atoms with Gasteiger partial charge in [-0.15, -0.1) is 0 Å². The number of ether oxygens (including phenoxy) is 1. The van der Waals surface area contributed by atoms with Gasteiger partial charge in [0.1, 0.15) is 11.9 Å². The molecule has 3 heteroatoms. The summed E-state index contributed by atoms with van der Waals surface area (Å²) in [4.78, 5) is 5.32. The summed E-state index contributed by atoms with van der Waals surface area (Å²) in [6, 6.07) is 82.9. The Kier molecular flexibility index (Phi) is 9.00. The van der Waals surface area contributed by atoms with Gasteiger partial charge in [-0.25, -0.2) is 0 Å². The quantitative estimate of drug-likeness (QED) is 0.191. The second kappa shape index (κ2) is 15.8. The predicted molar refractivity (Wildman–Crippen MR) is 299 cm³/mol. The summed E-state index contributed by atoms with van der Waals surface area (Å²) >= 11 is 0. The van der Waals surface area contributed by atoms with Gasteiger partial charge < -0.3 is 10.1 Å². The topological polar surface area (TPSA) is 33.6 Å². The molecule has 0 radical (unpaired) electrons. The van der Waals surface area contributed by atoms with Gasteiger partial charge in [0.15, 0.2) is 0 Å². The standard InChI is InChI=1S/C70H46N2O/c1-44-18-15-16-41-73-67-50(44)38-39-55-56-42-49(45-33-35-47(36-34-45)64-43-65(72-68(71-64)48-20-3-2-4-21-48)54-26-17-22-46-19-5-6-23-51(46)54)37-40-59(56)70(66(55)67)62-31-13-11-29-60(62)69(61-30-12-14-32-63(61)70)57-27-9-7-24-52(57)53-25-8-10-28-58(53)69/h2-43,68,71H,1H2/b18-15-,41-16-. The molecule has 0 bridgehead atoms. The zero-order valence-corrected chi connectivity index (χ0v) is 39.9. The van der Waals surface area contributed by atoms with Crippen LogP contribution in [0.4, 0.5) is 0 Å². The van der Waals surface area contributed by atoms with E-state index in [9.17, 15) is 0 Å². The second-order valence-corrected chi connectivity index (χ2v) is 19.8. The normalized spacial score (nSPS) is 17.5. The Hall–Kier alpha value is -9.31. The number of hydrogen-bond acceptors (Lipinski definition) is 3. The van der Waals surface area contributed by atoms with Crippen molar-refractivity contribution >= 4 is 27.8 Å². The van der Waals surface area contributed by atoms with E-state index >= 15 is 0 Å². The number of nitrogens with one attached hydrogen (secondary N) is 1. The van der Waals surface area contributed by atoms with Crippen LogP contribution in [0, 0.1) is 0 Å². The molecule has 0 saturated heterocycles. The second-order valence-electron chi connectivity index (χ2n) is 19.8. The fourth-order valence-electron chi connectivity index (χ4n) is 13.2. The number of fused-ring (bicyclic) bond motifs is 19. The van der Waals surface area contributed by atoms with Crippen molar-refractivity contribution in [3.05, 3.63) is 328 Å². The molecule has 10 aromatic rings. The minimum Gasteiger partial charge on any atom is -0.464 e. The summed E-state index contributed by atoms with van der Waals surface area (Å²) in [6.07, 6.45) is 9.85. The molecule has 342 valence electrons. The van der Waals surface area contributed by atoms with E-state index in [1.807, 2.05) is 18.4 Å². The first kappa shape index (κ1) is 41.5. The maximum absolute atomic E-state index is 6.93. The summed E-state index contributed by atoms with van der Waals surface area (Å²) in [5, 5.41) is 6.19. The van der Waals surface area contributed by atoms with E-state index in [0.717, 1.165) is 67.2 Å². The Balaban J connectivity index is 0.916. The molecule has 73 heavy (non-hydrogen) atoms. The van der Waals surface area contributed by atoms with Crippen LogP contribution in [0.15, 0.2) is 267 Å². The summed E-state index contributed by atoms with van der Waals surface area (Å²) < 4.78 is 6.93. The van der Waals surface area contributed by atoms with Gasteiger partial charge in [-0.1, -0.05) is 237 Å². The number of aliphatic imine (C=N–C) groups is 1. The van der Waals surface area contributed by atoms with E-state index in [0.29, 0.717) is 0 Å². The third-order valence-electron chi connectivity index (χ3n) is 16.2. The molecule has 0 aromatic heterocycles. The Labute approximate surface area is 425 Å². The summed E-state index contributed by atoms with van der Waals surface area (Å²) in [6.45, 7) is 4.59. The SMILES string of the molecule is C=C1/C=C\C=C/Oc2c1ccc1c2C2(c3ccc(-c4ccc(C5=CC(c6cccc7ccccc67)=NC(c6ccccc6)N5)cc4)cc3-1)c1ccccc1C1(c3ccccc3-c3ccccc31)c1ccccc12. The molecule has 10 aromatic carbocycles. The minimum absolute atomic E-state index is 0.242. The maximum atomic E-state index is 6.93. The zero-order valence-electron chi connectivity index (χ0n) is 39.9. The molecule has 2 heterocycles. The molecule has 1 unspecified atom stereocenters. The molecular weight excluding hydrogens is 885 g/mol. The molecule has 15 rings (SSSR count). The van der Waals surface area contributed by atoms with E-state index < -0.39 is 10.8 Å². The van der Waals surface area contributed by atoms with Gasteiger partial charge in [0.05, 0.1) is 22.8 Å². The van der Waals surface area contributed by atoms with Crippen LogP contribution in [-0.2, 0) is 10.8 Å². The molecule has 1 N–H and O–H groups in total. The smallest absolute Gasteiger partial charge is 0.145 e. The molecule has 0 fully saturated rings. The molecule has 2 aliphatic heterocycles. The van der Waals surface area contributed by atoms with E-state index in [2.05, 4.69) is 249 Å². The highest BCUT2D eigenvalue weighted by molar-refractivity contribution is 6.19. The minimum atomic E-state index is -0.738. The largest absolute Gasteiger partial charge is 0.464 e. The molecule has 3 nitrogen and oxygen atoms in total. The van der Waals surface area contributed by atoms with Crippen molar-refractivity contribution in [2.45, 2.75) is 17.0 Å². The number of rotatable bonds is 4. The van der Waals surface area contributed by atoms with Crippen molar-refractivity contribution in [2.24, 2.45) is 4.99 Å². The van der Waals surface area contributed by atoms with Crippen LogP contribution in [0.1, 0.15) is 72.9 Å². The molecule has 0 saturated carbocycles. The third-order valence-corrected chi connectivity index (χ3v) is 16.2. The van der Waals surface area contributed by atoms with Crippen LogP contribution in [0.3, 0.4) is 0 Å². The van der Waals surface area contributed by atoms with Gasteiger partial charge in [-0.05, 0) is 118 Å². The van der Waals surface area contributed by atoms with Gasteiger partial charge in [0.2, 0.25) is 0 Å². The number of benzene rings is 10. The van der Waals surface area contributed by atoms with Crippen LogP contribution >= 0.6 is 0 Å². The van der Waals surface area contributed by atoms with Crippen LogP contribution in [0.2, 0.25) is 0 Å². The van der Waals surface area contributed by atoms with E-state index in [1.165, 1.54) is 66.4 Å². The van der Waals surface area contributed by atoms with Gasteiger partial charge in [0, 0.05) is 22.4 Å². The molecule has 2 spiro atoms. The van der Waals surface area contributed by atoms with E-state index in [-0.39, 0.29) is 6.17 Å². The average Bonchev–Trinajstić information content (AvgIpc) is 3.92. The van der Waals surface area contributed by atoms with Crippen molar-refractivity contribution < 1.29 is 4.74 Å². The first-order valence-corrected chi connectivity index (χ1v) is 25.2. The van der Waals surface area contributed by atoms with Gasteiger partial charge in [-0.3, -0.25) is 4.99 Å². The lowest BCUT2D eigenvalue weighted by atomic mass is 9.52. The number of hydrogen-bond donors (Lipinski definition) is 1. The number of nitrogens with zero attached hydrogens (tertiary/aromatic N) is 1. The lowest BCUT2D eigenvalue weighted by Crippen LogP contribution is -2.44. The van der Waals surface area contributed by atoms with Gasteiger partial charge in [0.25, 0.3) is 0 Å². The number of allylic oxidation sites excluding steroid dienone is 5. The Morgan fingerprint density at radius 1 is 0.438 bits per heavy atom. The molecule has 5 aliphatic rings. The summed E-state index contributed by atoms with van der Waals surface area (Å²) in [5.74, 6) is 0.839. The van der Waals surface area contributed by atoms with Crippen molar-refractivity contribution in [3.8, 4) is 39.1 Å². The van der Waals surface area contributed by atoms with E-state index in [4.69, 9.17) is 9.73 Å². The predicted octanol–water partition coefficient (Wildman–Crippen LogP) is 16.2. The fourth-order valence-corrected chi connectivity index (χ4v) is 13.2. The average molecular weight is 931 g/mol. The third kappa shape index (κ3) is 5.79. The van der Waals surface area contributed by atoms with Crippen LogP contribution < -0.4 is 10.1 Å². The molecule has 0 amide bonds. The highest BCUT2D eigenvalue weighted by Gasteiger charge is 2.60. The summed E-state index contributed by atoms with van der Waals surface area (Å²) in [7, 11) is 0. The van der Waals surface area contributed by atoms with Gasteiger partial charge in [-0.2, -0.15) is 0 Å². The van der Waals surface area contributed by atoms with Gasteiger partial charge >= 0.3 is 0 Å². The lowest BCUT2D eigenvalue weighted by molar-refractivity contribution is 0.465. The Morgan fingerprint density at radius 3 is 1.73 bits per heavy atom. The Morgan fingerprint density at radius 2 is 1.00 bits per heavy atom. The Bertz CT molecular complexity index is 4010. The zero-order chi connectivity index (χ0) is 48.3. The van der Waals surface area contributed by atoms with Crippen LogP contribution in [-0.4, -0.2) is 5.71 Å². The maximum Gasteiger partial charge on any atom is 0.145 e. The molecule has 3 aliphatic carbocycles. The van der Waals surface area contributed by atoms with Crippen LogP contribution in [0.25, 0.3) is 55.4 Å². The van der Waals surface area contributed by atoms with Crippen molar-refractivity contribution in [1.29, 1.82) is 0 Å². The summed E-state index contributed by atoms with van der Waals surface area (Å²) in [5.41, 5.74) is 23.3. The highest BCUT2D eigenvalue weighted by atomic mass is 16.5. The molecule has 1 atom stereocenters. The fraction of sp³-hybridized carbons (Fsp3) is 0.0429. The van der Waals surface area contributed by atoms with Crippen molar-refractivity contribution in [3.63, 3.8) is 0 Å². The first-order chi connectivity index (χ1) is 36.1. The van der Waals surface area contributed by atoms with E-state index in [1.54, 1.807) is 0 Å². The van der Waals surface area contributed by atoms with Crippen molar-refractivity contribution in [1.82, 2.24) is 5.32 Å². The first-order valence-electron chi connectivity index (χ1n) is 25.2. The molecular formula is C70H46N2O. The lowest BCUT2D eigenvalue weighted by Gasteiger charge is -2.49. The monoisotopic (exact) mass is 930 g/mol.